The van der Waals surface area contributed by atoms with Crippen molar-refractivity contribution in [3.8, 4) is 35.4 Å². The van der Waals surface area contributed by atoms with Crippen LogP contribution in [0.3, 0.4) is 0 Å². The van der Waals surface area contributed by atoms with Crippen LogP contribution in [0.1, 0.15) is 56.2 Å². The molecular formula is C34H33F2N5O3. The van der Waals surface area contributed by atoms with E-state index in [2.05, 4.69) is 20.7 Å². The van der Waals surface area contributed by atoms with E-state index in [0.717, 1.165) is 58.0 Å². The Kier molecular flexibility index (Phi) is 6.40. The van der Waals surface area contributed by atoms with Crippen molar-refractivity contribution in [2.24, 2.45) is 0 Å². The van der Waals surface area contributed by atoms with Gasteiger partial charge in [0.15, 0.2) is 5.82 Å². The Morgan fingerprint density at radius 3 is 2.64 bits per heavy atom. The first kappa shape index (κ1) is 27.5. The molecule has 2 unspecified atom stereocenters. The maximum absolute atomic E-state index is 16.9. The van der Waals surface area contributed by atoms with Gasteiger partial charge in [0, 0.05) is 23.9 Å². The number of pyridine rings is 1. The maximum atomic E-state index is 16.9. The van der Waals surface area contributed by atoms with E-state index in [4.69, 9.17) is 21.1 Å². The standard InChI is InChI=1S/C34H33F2N5O3/c1-2-21-23(35)9-8-19-15-20(42)16-22(27(19)21)30-29(36)31-28-24(37-30)17-26(43)25-7-3-4-14-41(25)32(28)39-33(38-31)44-18-34-10-5-12-40(34)13-6-11-34/h1,8-9,15-16,25-26,42-43H,3-7,10-14,17-18H2. The monoisotopic (exact) mass is 597 g/mol. The number of piperidine rings is 1. The summed E-state index contributed by atoms with van der Waals surface area (Å²) in [5.41, 5.74) is 0.367. The SMILES string of the molecule is C#Cc1c(F)ccc2cc(O)cc(-c3nc4c5c(nc(OCC67CCCN6CCC7)nc5c3F)N3CCCCC3C(O)C4)c12. The molecule has 0 saturated carbocycles. The van der Waals surface area contributed by atoms with Crippen molar-refractivity contribution in [2.75, 3.05) is 31.1 Å². The minimum absolute atomic E-state index is 0.0192. The number of anilines is 1. The number of phenols is 1. The number of nitrogens with zero attached hydrogens (tertiary/aromatic N) is 5. The summed E-state index contributed by atoms with van der Waals surface area (Å²) in [6, 6.07) is 5.39. The molecule has 10 heteroatoms. The molecule has 8 rings (SSSR count). The third-order valence-electron chi connectivity index (χ3n) is 10.2. The second kappa shape index (κ2) is 10.2. The van der Waals surface area contributed by atoms with E-state index < -0.39 is 17.7 Å². The Morgan fingerprint density at radius 1 is 1.02 bits per heavy atom. The van der Waals surface area contributed by atoms with Crippen LogP contribution >= 0.6 is 0 Å². The molecule has 44 heavy (non-hydrogen) atoms. The molecule has 0 bridgehead atoms. The summed E-state index contributed by atoms with van der Waals surface area (Å²) in [6.45, 7) is 3.17. The Labute approximate surface area is 253 Å². The van der Waals surface area contributed by atoms with Crippen LogP contribution < -0.4 is 9.64 Å². The molecule has 2 N–H and O–H groups in total. The van der Waals surface area contributed by atoms with Crippen LogP contribution in [-0.4, -0.2) is 74.0 Å². The van der Waals surface area contributed by atoms with Gasteiger partial charge in [0.05, 0.1) is 34.3 Å². The molecule has 0 radical (unpaired) electrons. The van der Waals surface area contributed by atoms with Crippen LogP contribution in [0, 0.1) is 24.0 Å². The molecule has 2 aromatic heterocycles. The van der Waals surface area contributed by atoms with E-state index in [-0.39, 0.29) is 57.5 Å². The number of phenolic OH excluding ortho intramolecular Hbond substituents is 1. The summed E-state index contributed by atoms with van der Waals surface area (Å²) in [6.07, 6.45) is 12.1. The summed E-state index contributed by atoms with van der Waals surface area (Å²) in [4.78, 5) is 18.8. The lowest BCUT2D eigenvalue weighted by molar-refractivity contribution is 0.107. The molecule has 2 aromatic carbocycles. The summed E-state index contributed by atoms with van der Waals surface area (Å²) in [5.74, 6) is 1.38. The lowest BCUT2D eigenvalue weighted by atomic mass is 9.94. The first-order chi connectivity index (χ1) is 21.4. The first-order valence-electron chi connectivity index (χ1n) is 15.5. The van der Waals surface area contributed by atoms with Gasteiger partial charge in [-0.25, -0.2) is 13.8 Å². The number of aromatic hydroxyl groups is 1. The molecule has 4 aliphatic heterocycles. The van der Waals surface area contributed by atoms with Gasteiger partial charge in [-0.05, 0) is 81.6 Å². The highest BCUT2D eigenvalue weighted by molar-refractivity contribution is 6.03. The minimum atomic E-state index is -0.771. The zero-order chi connectivity index (χ0) is 30.2. The lowest BCUT2D eigenvalue weighted by Gasteiger charge is -2.38. The normalized spacial score (nSPS) is 22.5. The van der Waals surface area contributed by atoms with E-state index in [0.29, 0.717) is 35.4 Å². The molecule has 226 valence electrons. The molecule has 3 fully saturated rings. The number of benzene rings is 2. The van der Waals surface area contributed by atoms with Gasteiger partial charge in [0.1, 0.15) is 35.2 Å². The number of aromatic nitrogens is 3. The zero-order valence-electron chi connectivity index (χ0n) is 24.3. The van der Waals surface area contributed by atoms with Crippen LogP contribution in [0.15, 0.2) is 24.3 Å². The first-order valence-corrected chi connectivity index (χ1v) is 15.5. The Hall–Kier alpha value is -4.07. The predicted molar refractivity (Wildman–Crippen MR) is 163 cm³/mol. The van der Waals surface area contributed by atoms with Crippen molar-refractivity contribution in [1.29, 1.82) is 0 Å². The van der Waals surface area contributed by atoms with E-state index in [1.807, 2.05) is 0 Å². The summed E-state index contributed by atoms with van der Waals surface area (Å²) >= 11 is 0. The van der Waals surface area contributed by atoms with Crippen molar-refractivity contribution in [3.63, 3.8) is 0 Å². The average molecular weight is 598 g/mol. The van der Waals surface area contributed by atoms with Gasteiger partial charge in [-0.2, -0.15) is 9.97 Å². The van der Waals surface area contributed by atoms with E-state index in [1.165, 1.54) is 24.3 Å². The number of ether oxygens (including phenoxy) is 1. The fourth-order valence-corrected chi connectivity index (χ4v) is 8.17. The number of hydrogen-bond donors (Lipinski definition) is 2. The highest BCUT2D eigenvalue weighted by Crippen LogP contribution is 2.44. The molecule has 2 atom stereocenters. The molecule has 0 spiro atoms. The molecular weight excluding hydrogens is 564 g/mol. The van der Waals surface area contributed by atoms with Gasteiger partial charge < -0.3 is 19.8 Å². The van der Waals surface area contributed by atoms with Crippen LogP contribution in [0.4, 0.5) is 14.6 Å². The van der Waals surface area contributed by atoms with Gasteiger partial charge in [-0.1, -0.05) is 12.0 Å². The number of rotatable bonds is 4. The molecule has 4 aliphatic rings. The van der Waals surface area contributed by atoms with E-state index >= 15 is 4.39 Å². The number of aliphatic hydroxyl groups excluding tert-OH is 1. The van der Waals surface area contributed by atoms with Crippen molar-refractivity contribution in [3.05, 3.63) is 47.2 Å². The van der Waals surface area contributed by atoms with Crippen molar-refractivity contribution in [2.45, 2.75) is 69.1 Å². The third kappa shape index (κ3) is 4.13. The van der Waals surface area contributed by atoms with Gasteiger partial charge in [-0.15, -0.1) is 6.42 Å². The third-order valence-corrected chi connectivity index (χ3v) is 10.2. The lowest BCUT2D eigenvalue weighted by Crippen LogP contribution is -2.47. The van der Waals surface area contributed by atoms with Crippen molar-refractivity contribution >= 4 is 27.5 Å². The van der Waals surface area contributed by atoms with Gasteiger partial charge in [-0.3, -0.25) is 4.90 Å². The Bertz CT molecular complexity index is 1860. The minimum Gasteiger partial charge on any atom is -0.508 e. The van der Waals surface area contributed by atoms with E-state index in [9.17, 15) is 14.6 Å². The number of aliphatic hydroxyl groups is 1. The quantitative estimate of drug-likeness (QED) is 0.314. The average Bonchev–Trinajstić information content (AvgIpc) is 3.58. The number of halogens is 2. The molecule has 6 heterocycles. The van der Waals surface area contributed by atoms with Crippen LogP contribution in [0.2, 0.25) is 0 Å². The number of hydrogen-bond acceptors (Lipinski definition) is 8. The largest absolute Gasteiger partial charge is 0.508 e. The highest BCUT2D eigenvalue weighted by atomic mass is 19.1. The van der Waals surface area contributed by atoms with Gasteiger partial charge in [0.25, 0.3) is 0 Å². The molecule has 0 aliphatic carbocycles. The predicted octanol–water partition coefficient (Wildman–Crippen LogP) is 5.09. The summed E-state index contributed by atoms with van der Waals surface area (Å²) < 4.78 is 38.2. The smallest absolute Gasteiger partial charge is 0.319 e. The molecule has 4 aromatic rings. The van der Waals surface area contributed by atoms with Crippen molar-refractivity contribution in [1.82, 2.24) is 19.9 Å². The Morgan fingerprint density at radius 2 is 1.84 bits per heavy atom. The number of fused-ring (bicyclic) bond motifs is 4. The fraction of sp³-hybridized carbons (Fsp3) is 0.441. The highest BCUT2D eigenvalue weighted by Gasteiger charge is 2.45. The molecule has 3 saturated heterocycles. The molecule has 8 nitrogen and oxygen atoms in total. The second-order valence-corrected chi connectivity index (χ2v) is 12.7. The van der Waals surface area contributed by atoms with Crippen LogP contribution in [0.5, 0.6) is 11.8 Å². The van der Waals surface area contributed by atoms with Crippen LogP contribution in [0.25, 0.3) is 32.9 Å². The second-order valence-electron chi connectivity index (χ2n) is 12.7. The zero-order valence-corrected chi connectivity index (χ0v) is 24.3. The van der Waals surface area contributed by atoms with E-state index in [1.54, 1.807) is 0 Å². The topological polar surface area (TPSA) is 94.8 Å². The number of terminal acetylenes is 1. The van der Waals surface area contributed by atoms with Crippen LogP contribution in [-0.2, 0) is 6.42 Å². The summed E-state index contributed by atoms with van der Waals surface area (Å²) in [5, 5.41) is 23.2. The molecule has 0 amide bonds. The van der Waals surface area contributed by atoms with Gasteiger partial charge >= 0.3 is 6.01 Å². The Balaban J connectivity index is 1.36. The van der Waals surface area contributed by atoms with Crippen molar-refractivity contribution < 1.29 is 23.7 Å². The summed E-state index contributed by atoms with van der Waals surface area (Å²) in [7, 11) is 0. The fourth-order valence-electron chi connectivity index (χ4n) is 8.17. The van der Waals surface area contributed by atoms with Gasteiger partial charge in [0.2, 0.25) is 0 Å². The maximum Gasteiger partial charge on any atom is 0.319 e.